The van der Waals surface area contributed by atoms with E-state index in [9.17, 15) is 4.79 Å². The molecule has 2 rings (SSSR count). The second kappa shape index (κ2) is 12.2. The molecule has 0 N–H and O–H groups in total. The number of carbonyl (C=O) groups excluding carboxylic acids is 1. The first-order chi connectivity index (χ1) is 14.4. The third-order valence-electron chi connectivity index (χ3n) is 3.92. The minimum atomic E-state index is -0.544. The number of hydrogen-bond donors (Lipinski definition) is 0. The molecule has 1 aromatic heterocycles. The van der Waals surface area contributed by atoms with Crippen LogP contribution in [0.3, 0.4) is 0 Å². The van der Waals surface area contributed by atoms with Gasteiger partial charge in [-0.3, -0.25) is 0 Å². The average molecular weight is 415 g/mol. The lowest BCUT2D eigenvalue weighted by Gasteiger charge is -2.15. The predicted octanol–water partition coefficient (Wildman–Crippen LogP) is 4.44. The van der Waals surface area contributed by atoms with Crippen LogP contribution >= 0.6 is 0 Å². The first-order valence-electron chi connectivity index (χ1n) is 9.44. The maximum atomic E-state index is 12.2. The van der Waals surface area contributed by atoms with Crippen molar-refractivity contribution in [2.45, 2.75) is 34.6 Å². The first kappa shape index (κ1) is 24.6. The SMILES string of the molecule is CC.CO/C=C(\C(=O)OC)c1ccccc1Oc1nc(/C(C)=N\OC)nc(C)c1C. The Morgan fingerprint density at radius 3 is 2.33 bits per heavy atom. The molecule has 162 valence electrons. The predicted molar refractivity (Wildman–Crippen MR) is 116 cm³/mol. The molecule has 0 saturated heterocycles. The van der Waals surface area contributed by atoms with Crippen molar-refractivity contribution in [2.24, 2.45) is 5.16 Å². The number of aryl methyl sites for hydroxylation is 1. The van der Waals surface area contributed by atoms with Crippen LogP contribution in [0.2, 0.25) is 0 Å². The summed E-state index contributed by atoms with van der Waals surface area (Å²) in [4.78, 5) is 25.8. The van der Waals surface area contributed by atoms with Crippen LogP contribution < -0.4 is 4.74 Å². The Balaban J connectivity index is 0.00000218. The lowest BCUT2D eigenvalue weighted by atomic mass is 10.1. The lowest BCUT2D eigenvalue weighted by molar-refractivity contribution is -0.133. The van der Waals surface area contributed by atoms with Crippen LogP contribution in [0.15, 0.2) is 35.7 Å². The van der Waals surface area contributed by atoms with Gasteiger partial charge in [0.25, 0.3) is 0 Å². The number of rotatable bonds is 7. The van der Waals surface area contributed by atoms with Gasteiger partial charge in [0.15, 0.2) is 5.82 Å². The Kier molecular flexibility index (Phi) is 10.0. The van der Waals surface area contributed by atoms with Crippen LogP contribution in [0, 0.1) is 13.8 Å². The maximum absolute atomic E-state index is 12.2. The first-order valence-corrected chi connectivity index (χ1v) is 9.44. The van der Waals surface area contributed by atoms with Gasteiger partial charge in [-0.2, -0.15) is 4.98 Å². The van der Waals surface area contributed by atoms with Crippen LogP contribution in [0.1, 0.15) is 43.4 Å². The zero-order valence-electron chi connectivity index (χ0n) is 18.8. The van der Waals surface area contributed by atoms with E-state index >= 15 is 0 Å². The second-order valence-corrected chi connectivity index (χ2v) is 5.78. The Labute approximate surface area is 177 Å². The van der Waals surface area contributed by atoms with E-state index in [0.29, 0.717) is 28.7 Å². The van der Waals surface area contributed by atoms with Gasteiger partial charge < -0.3 is 19.0 Å². The van der Waals surface area contributed by atoms with Crippen molar-refractivity contribution in [1.82, 2.24) is 9.97 Å². The zero-order chi connectivity index (χ0) is 22.7. The van der Waals surface area contributed by atoms with E-state index < -0.39 is 5.97 Å². The van der Waals surface area contributed by atoms with E-state index in [1.54, 1.807) is 31.2 Å². The largest absolute Gasteiger partial charge is 0.503 e. The van der Waals surface area contributed by atoms with E-state index in [4.69, 9.17) is 19.0 Å². The number of hydrogen-bond acceptors (Lipinski definition) is 8. The summed E-state index contributed by atoms with van der Waals surface area (Å²) in [6.07, 6.45) is 1.31. The van der Waals surface area contributed by atoms with Gasteiger partial charge in [-0.25, -0.2) is 9.78 Å². The third-order valence-corrected chi connectivity index (χ3v) is 3.92. The molecule has 0 bridgehead atoms. The number of methoxy groups -OCH3 is 2. The summed E-state index contributed by atoms with van der Waals surface area (Å²) in [5, 5.41) is 3.87. The summed E-state index contributed by atoms with van der Waals surface area (Å²) in [6.45, 7) is 9.44. The summed E-state index contributed by atoms with van der Waals surface area (Å²) in [5.41, 5.74) is 2.75. The Morgan fingerprint density at radius 2 is 1.73 bits per heavy atom. The number of ether oxygens (including phenoxy) is 3. The highest BCUT2D eigenvalue weighted by Crippen LogP contribution is 2.32. The number of nitrogens with zero attached hydrogens (tertiary/aromatic N) is 3. The van der Waals surface area contributed by atoms with Crippen molar-refractivity contribution >= 4 is 17.3 Å². The standard InChI is InChI=1S/C20H23N3O5.C2H6/c1-12-13(2)21-18(14(3)23-27-6)22-19(12)28-17-10-8-7-9-15(17)16(11-25-4)20(24)26-5;1-2/h7-11H,1-6H3;1-2H3/b16-11-,23-14-;. The van der Waals surface area contributed by atoms with Crippen LogP contribution in [-0.4, -0.2) is 43.0 Å². The summed E-state index contributed by atoms with van der Waals surface area (Å²) >= 11 is 0. The van der Waals surface area contributed by atoms with Crippen molar-refractivity contribution in [2.75, 3.05) is 21.3 Å². The van der Waals surface area contributed by atoms with E-state index in [-0.39, 0.29) is 5.57 Å². The molecule has 8 heteroatoms. The highest BCUT2D eigenvalue weighted by atomic mass is 16.6. The molecule has 0 aliphatic heterocycles. The molecule has 30 heavy (non-hydrogen) atoms. The van der Waals surface area contributed by atoms with Gasteiger partial charge in [-0.05, 0) is 26.8 Å². The number of benzene rings is 1. The van der Waals surface area contributed by atoms with Gasteiger partial charge in [-0.15, -0.1) is 0 Å². The molecule has 2 aromatic rings. The Hall–Kier alpha value is -3.42. The summed E-state index contributed by atoms with van der Waals surface area (Å²) in [7, 11) is 4.21. The topological polar surface area (TPSA) is 92.1 Å². The van der Waals surface area contributed by atoms with E-state index in [2.05, 4.69) is 15.1 Å². The zero-order valence-corrected chi connectivity index (χ0v) is 18.8. The fourth-order valence-electron chi connectivity index (χ4n) is 2.37. The van der Waals surface area contributed by atoms with Crippen LogP contribution in [0.25, 0.3) is 5.57 Å². The number of carbonyl (C=O) groups is 1. The monoisotopic (exact) mass is 415 g/mol. The van der Waals surface area contributed by atoms with Gasteiger partial charge in [0.05, 0.1) is 20.5 Å². The fraction of sp³-hybridized carbons (Fsp3) is 0.364. The van der Waals surface area contributed by atoms with Crippen LogP contribution in [0.4, 0.5) is 0 Å². The molecule has 0 atom stereocenters. The van der Waals surface area contributed by atoms with Crippen molar-refractivity contribution < 1.29 is 23.8 Å². The highest BCUT2D eigenvalue weighted by molar-refractivity contribution is 6.17. The van der Waals surface area contributed by atoms with Crippen molar-refractivity contribution in [3.05, 3.63) is 53.2 Å². The maximum Gasteiger partial charge on any atom is 0.341 e. The van der Waals surface area contributed by atoms with Crippen molar-refractivity contribution in [1.29, 1.82) is 0 Å². The molecule has 0 aliphatic rings. The van der Waals surface area contributed by atoms with Gasteiger partial charge in [-0.1, -0.05) is 37.2 Å². The molecule has 8 nitrogen and oxygen atoms in total. The minimum Gasteiger partial charge on any atom is -0.503 e. The number of aromatic nitrogens is 2. The Bertz CT molecular complexity index is 923. The van der Waals surface area contributed by atoms with Gasteiger partial charge in [0.1, 0.15) is 24.1 Å². The van der Waals surface area contributed by atoms with Crippen molar-refractivity contribution in [3.8, 4) is 11.6 Å². The molecule has 0 unspecified atom stereocenters. The van der Waals surface area contributed by atoms with Gasteiger partial charge in [0.2, 0.25) is 5.88 Å². The minimum absolute atomic E-state index is 0.224. The molecule has 0 spiro atoms. The fourth-order valence-corrected chi connectivity index (χ4v) is 2.37. The number of para-hydroxylation sites is 1. The summed E-state index contributed by atoms with van der Waals surface area (Å²) < 4.78 is 15.9. The molecular weight excluding hydrogens is 386 g/mol. The lowest BCUT2D eigenvalue weighted by Crippen LogP contribution is -2.09. The summed E-state index contributed by atoms with van der Waals surface area (Å²) in [5.74, 6) is 0.613. The molecule has 0 fully saturated rings. The molecule has 0 amide bonds. The molecule has 0 saturated carbocycles. The van der Waals surface area contributed by atoms with E-state index in [1.807, 2.05) is 27.7 Å². The summed E-state index contributed by atoms with van der Waals surface area (Å²) in [6, 6.07) is 7.05. The molecule has 1 heterocycles. The van der Waals surface area contributed by atoms with Crippen molar-refractivity contribution in [3.63, 3.8) is 0 Å². The smallest absolute Gasteiger partial charge is 0.341 e. The number of esters is 1. The van der Waals surface area contributed by atoms with E-state index in [0.717, 1.165) is 11.3 Å². The average Bonchev–Trinajstić information content (AvgIpc) is 2.76. The van der Waals surface area contributed by atoms with E-state index in [1.165, 1.54) is 27.6 Å². The Morgan fingerprint density at radius 1 is 1.07 bits per heavy atom. The molecule has 0 radical (unpaired) electrons. The van der Waals surface area contributed by atoms with Gasteiger partial charge in [0, 0.05) is 16.8 Å². The van der Waals surface area contributed by atoms with Crippen LogP contribution in [0.5, 0.6) is 11.6 Å². The van der Waals surface area contributed by atoms with Crippen LogP contribution in [-0.2, 0) is 19.1 Å². The quantitative estimate of drug-likeness (QED) is 0.217. The normalized spacial score (nSPS) is 11.2. The number of oxime groups is 1. The highest BCUT2D eigenvalue weighted by Gasteiger charge is 2.20. The molecule has 1 aromatic carbocycles. The molecular formula is C22H29N3O5. The second-order valence-electron chi connectivity index (χ2n) is 5.78. The third kappa shape index (κ3) is 6.04. The molecule has 0 aliphatic carbocycles. The van der Waals surface area contributed by atoms with Gasteiger partial charge >= 0.3 is 5.97 Å².